The largest absolute Gasteiger partial charge is 0.336 e. The number of aromatic nitrogens is 2. The number of carbonyl (C=O) groups excluding carboxylic acids is 2. The number of ketones is 1. The zero-order valence-electron chi connectivity index (χ0n) is 19.4. The number of Topliss-reactive ketones (excluding diaryl/α,β-unsaturated/α-hetero) is 1. The number of amides is 2. The number of pyridine rings is 1. The normalized spacial score (nSPS) is 16.6. The van der Waals surface area contributed by atoms with Crippen LogP contribution in [0.2, 0.25) is 0 Å². The number of urea groups is 1. The van der Waals surface area contributed by atoms with E-state index in [1.807, 2.05) is 29.7 Å². The van der Waals surface area contributed by atoms with Crippen molar-refractivity contribution >= 4 is 22.8 Å². The van der Waals surface area contributed by atoms with Crippen LogP contribution in [0.15, 0.2) is 36.5 Å². The summed E-state index contributed by atoms with van der Waals surface area (Å²) in [6.07, 6.45) is 5.26. The lowest BCUT2D eigenvalue weighted by Gasteiger charge is -2.25. The molecule has 0 spiro atoms. The molecule has 8 heteroatoms. The van der Waals surface area contributed by atoms with Gasteiger partial charge in [-0.05, 0) is 68.8 Å². The van der Waals surface area contributed by atoms with E-state index in [1.165, 1.54) is 6.42 Å². The Kier molecular flexibility index (Phi) is 6.03. The Hall–Kier alpha value is -3.70. The van der Waals surface area contributed by atoms with Crippen LogP contribution in [0.25, 0.3) is 16.7 Å². The minimum absolute atomic E-state index is 0.0730. The molecular weight excluding hydrogens is 428 g/mol. The Morgan fingerprint density at radius 3 is 2.59 bits per heavy atom. The second-order valence-corrected chi connectivity index (χ2v) is 9.08. The van der Waals surface area contributed by atoms with Crippen molar-refractivity contribution in [2.45, 2.75) is 32.7 Å². The summed E-state index contributed by atoms with van der Waals surface area (Å²) >= 11 is 0. The van der Waals surface area contributed by atoms with E-state index >= 15 is 0 Å². The Labute approximate surface area is 198 Å². The smallest absolute Gasteiger partial charge is 0.317 e. The molecule has 2 amide bonds. The second kappa shape index (κ2) is 9.27. The van der Waals surface area contributed by atoms with Gasteiger partial charge in [-0.3, -0.25) is 14.7 Å². The summed E-state index contributed by atoms with van der Waals surface area (Å²) in [4.78, 5) is 34.3. The first kappa shape index (κ1) is 22.1. The molecule has 0 aliphatic carbocycles. The summed E-state index contributed by atoms with van der Waals surface area (Å²) in [7, 11) is 0. The standard InChI is InChI=1S/C26H28N6O2/c1-18-24(23(33)17-30-10-3-2-4-11-30)25-22(32(18)21-7-5-19(14-27)6-8-21)13-20(15-29-25)16-31-12-9-28-26(31)34/h5-8,13,15H,2-4,9-12,16-17H2,1H3,(H,28,34). The molecule has 2 aromatic heterocycles. The molecule has 4 heterocycles. The molecule has 2 saturated heterocycles. The fourth-order valence-electron chi connectivity index (χ4n) is 5.04. The summed E-state index contributed by atoms with van der Waals surface area (Å²) in [6, 6.07) is 11.5. The van der Waals surface area contributed by atoms with Gasteiger partial charge >= 0.3 is 6.03 Å². The number of benzene rings is 1. The highest BCUT2D eigenvalue weighted by molar-refractivity contribution is 6.09. The SMILES string of the molecule is Cc1c(C(=O)CN2CCCCC2)c2ncc(CN3CCNC3=O)cc2n1-c1ccc(C#N)cc1. The van der Waals surface area contributed by atoms with Gasteiger partial charge in [0.05, 0.1) is 34.8 Å². The Balaban J connectivity index is 1.58. The monoisotopic (exact) mass is 456 g/mol. The fraction of sp³-hybridized carbons (Fsp3) is 0.385. The molecule has 0 atom stereocenters. The first-order chi connectivity index (χ1) is 16.5. The van der Waals surface area contributed by atoms with E-state index in [4.69, 9.17) is 4.98 Å². The maximum Gasteiger partial charge on any atom is 0.317 e. The zero-order chi connectivity index (χ0) is 23.7. The van der Waals surface area contributed by atoms with E-state index in [0.29, 0.717) is 42.8 Å². The van der Waals surface area contributed by atoms with Gasteiger partial charge in [0.2, 0.25) is 0 Å². The molecule has 2 aliphatic heterocycles. The molecule has 2 fully saturated rings. The minimum Gasteiger partial charge on any atom is -0.336 e. The van der Waals surface area contributed by atoms with Crippen molar-refractivity contribution in [3.63, 3.8) is 0 Å². The summed E-state index contributed by atoms with van der Waals surface area (Å²) in [5.41, 5.74) is 5.36. The van der Waals surface area contributed by atoms with Crippen LogP contribution in [0.5, 0.6) is 0 Å². The van der Waals surface area contributed by atoms with Gasteiger partial charge in [-0.15, -0.1) is 0 Å². The molecule has 1 aromatic carbocycles. The summed E-state index contributed by atoms with van der Waals surface area (Å²) < 4.78 is 2.04. The molecule has 0 radical (unpaired) electrons. The van der Waals surface area contributed by atoms with Gasteiger partial charge in [-0.2, -0.15) is 5.26 Å². The van der Waals surface area contributed by atoms with E-state index in [1.54, 1.807) is 23.2 Å². The maximum absolute atomic E-state index is 13.5. The molecule has 5 rings (SSSR count). The third-order valence-electron chi connectivity index (χ3n) is 6.77. The van der Waals surface area contributed by atoms with Crippen LogP contribution in [0.4, 0.5) is 4.79 Å². The van der Waals surface area contributed by atoms with Crippen molar-refractivity contribution in [1.29, 1.82) is 5.26 Å². The molecule has 0 saturated carbocycles. The number of nitriles is 1. The summed E-state index contributed by atoms with van der Waals surface area (Å²) in [5, 5.41) is 12.0. The molecule has 1 N–H and O–H groups in total. The van der Waals surface area contributed by atoms with Crippen molar-refractivity contribution in [3.8, 4) is 11.8 Å². The molecule has 2 aliphatic rings. The van der Waals surface area contributed by atoms with Crippen LogP contribution in [0.3, 0.4) is 0 Å². The number of piperidine rings is 1. The molecular formula is C26H28N6O2. The predicted octanol–water partition coefficient (Wildman–Crippen LogP) is 3.40. The van der Waals surface area contributed by atoms with Crippen LogP contribution in [0.1, 0.15) is 46.4 Å². The van der Waals surface area contributed by atoms with Crippen LogP contribution in [-0.2, 0) is 6.54 Å². The predicted molar refractivity (Wildman–Crippen MR) is 129 cm³/mol. The minimum atomic E-state index is -0.0730. The van der Waals surface area contributed by atoms with Crippen molar-refractivity contribution in [1.82, 2.24) is 24.7 Å². The Morgan fingerprint density at radius 2 is 1.91 bits per heavy atom. The number of nitrogens with zero attached hydrogens (tertiary/aromatic N) is 5. The highest BCUT2D eigenvalue weighted by atomic mass is 16.2. The highest BCUT2D eigenvalue weighted by Gasteiger charge is 2.25. The third-order valence-corrected chi connectivity index (χ3v) is 6.77. The van der Waals surface area contributed by atoms with Gasteiger partial charge in [-0.1, -0.05) is 6.42 Å². The maximum atomic E-state index is 13.5. The molecule has 8 nitrogen and oxygen atoms in total. The summed E-state index contributed by atoms with van der Waals surface area (Å²) in [5.74, 6) is 0.0796. The van der Waals surface area contributed by atoms with Gasteiger partial charge in [0.15, 0.2) is 5.78 Å². The quantitative estimate of drug-likeness (QED) is 0.574. The van der Waals surface area contributed by atoms with E-state index in [9.17, 15) is 14.9 Å². The average molecular weight is 457 g/mol. The van der Waals surface area contributed by atoms with E-state index in [-0.39, 0.29) is 11.8 Å². The van der Waals surface area contributed by atoms with E-state index < -0.39 is 0 Å². The van der Waals surface area contributed by atoms with Gasteiger partial charge in [0.1, 0.15) is 0 Å². The van der Waals surface area contributed by atoms with E-state index in [0.717, 1.165) is 48.4 Å². The molecule has 3 aromatic rings. The van der Waals surface area contributed by atoms with Crippen molar-refractivity contribution in [2.24, 2.45) is 0 Å². The number of rotatable bonds is 6. The van der Waals surface area contributed by atoms with Crippen LogP contribution in [0, 0.1) is 18.3 Å². The Morgan fingerprint density at radius 1 is 1.15 bits per heavy atom. The topological polar surface area (TPSA) is 94.3 Å². The van der Waals surface area contributed by atoms with Gasteiger partial charge in [0, 0.05) is 37.2 Å². The second-order valence-electron chi connectivity index (χ2n) is 9.08. The van der Waals surface area contributed by atoms with Crippen LogP contribution < -0.4 is 5.32 Å². The average Bonchev–Trinajstić information content (AvgIpc) is 3.39. The third kappa shape index (κ3) is 4.15. The molecule has 34 heavy (non-hydrogen) atoms. The van der Waals surface area contributed by atoms with Crippen LogP contribution >= 0.6 is 0 Å². The van der Waals surface area contributed by atoms with Gasteiger partial charge in [0.25, 0.3) is 0 Å². The molecule has 0 bridgehead atoms. The number of nitrogens with one attached hydrogen (secondary N) is 1. The summed E-state index contributed by atoms with van der Waals surface area (Å²) in [6.45, 7) is 6.02. The number of hydrogen-bond donors (Lipinski definition) is 1. The first-order valence-electron chi connectivity index (χ1n) is 11.8. The van der Waals surface area contributed by atoms with Crippen molar-refractivity contribution < 1.29 is 9.59 Å². The lowest BCUT2D eigenvalue weighted by Crippen LogP contribution is -2.34. The number of carbonyl (C=O) groups is 2. The first-order valence-corrected chi connectivity index (χ1v) is 11.8. The van der Waals surface area contributed by atoms with E-state index in [2.05, 4.69) is 16.3 Å². The van der Waals surface area contributed by atoms with Crippen molar-refractivity contribution in [3.05, 3.63) is 58.9 Å². The zero-order valence-corrected chi connectivity index (χ0v) is 19.4. The van der Waals surface area contributed by atoms with Gasteiger partial charge in [-0.25, -0.2) is 4.79 Å². The number of hydrogen-bond acceptors (Lipinski definition) is 5. The van der Waals surface area contributed by atoms with Gasteiger partial charge < -0.3 is 14.8 Å². The fourth-order valence-corrected chi connectivity index (χ4v) is 5.04. The number of likely N-dealkylation sites (tertiary alicyclic amines) is 1. The lowest BCUT2D eigenvalue weighted by atomic mass is 10.1. The molecule has 174 valence electrons. The number of fused-ring (bicyclic) bond motifs is 1. The van der Waals surface area contributed by atoms with Crippen LogP contribution in [-0.4, -0.2) is 63.9 Å². The Bertz CT molecular complexity index is 1280. The lowest BCUT2D eigenvalue weighted by molar-refractivity contribution is 0.0916. The highest BCUT2D eigenvalue weighted by Crippen LogP contribution is 2.30. The molecule has 0 unspecified atom stereocenters. The van der Waals surface area contributed by atoms with Crippen molar-refractivity contribution in [2.75, 3.05) is 32.7 Å².